The Kier molecular flexibility index (Phi) is 5.26. The fourth-order valence-corrected chi connectivity index (χ4v) is 3.19. The van der Waals surface area contributed by atoms with E-state index in [1.807, 2.05) is 48.5 Å². The standard InChI is InChI=1S/C25H19NO4/c1-16(27)18-6-5-7-20(14-18)30-25(28)22-15-24(17-10-12-19(29-2)13-11-17)26-23-9-4-3-8-21(22)23/h3-15H,1-2H3. The highest BCUT2D eigenvalue weighted by atomic mass is 16.5. The maximum atomic E-state index is 13.0. The molecule has 30 heavy (non-hydrogen) atoms. The highest BCUT2D eigenvalue weighted by Gasteiger charge is 2.16. The number of carbonyl (C=O) groups excluding carboxylic acids is 2. The van der Waals surface area contributed by atoms with Crippen LogP contribution >= 0.6 is 0 Å². The van der Waals surface area contributed by atoms with Crippen LogP contribution in [0.2, 0.25) is 0 Å². The molecule has 0 saturated heterocycles. The van der Waals surface area contributed by atoms with Crippen molar-refractivity contribution in [3.8, 4) is 22.8 Å². The molecular formula is C25H19NO4. The first-order valence-electron chi connectivity index (χ1n) is 9.42. The first-order valence-corrected chi connectivity index (χ1v) is 9.42. The first kappa shape index (κ1) is 19.3. The molecule has 0 aliphatic carbocycles. The van der Waals surface area contributed by atoms with Crippen LogP contribution in [0, 0.1) is 0 Å². The molecule has 0 atom stereocenters. The van der Waals surface area contributed by atoms with Gasteiger partial charge < -0.3 is 9.47 Å². The number of esters is 1. The second-order valence-corrected chi connectivity index (χ2v) is 6.77. The minimum atomic E-state index is -0.510. The number of fused-ring (bicyclic) bond motifs is 1. The Bertz CT molecular complexity index is 1250. The van der Waals surface area contributed by atoms with Gasteiger partial charge in [-0.25, -0.2) is 9.78 Å². The molecule has 1 heterocycles. The number of nitrogens with zero attached hydrogens (tertiary/aromatic N) is 1. The summed E-state index contributed by atoms with van der Waals surface area (Å²) in [5.41, 5.74) is 3.09. The van der Waals surface area contributed by atoms with Crippen LogP contribution in [0.1, 0.15) is 27.6 Å². The highest BCUT2D eigenvalue weighted by Crippen LogP contribution is 2.27. The second-order valence-electron chi connectivity index (χ2n) is 6.77. The maximum Gasteiger partial charge on any atom is 0.344 e. The average Bonchev–Trinajstić information content (AvgIpc) is 2.78. The SMILES string of the molecule is COc1ccc(-c2cc(C(=O)Oc3cccc(C(C)=O)c3)c3ccccc3n2)cc1. The molecule has 5 nitrogen and oxygen atoms in total. The van der Waals surface area contributed by atoms with Crippen molar-refractivity contribution < 1.29 is 19.1 Å². The van der Waals surface area contributed by atoms with Crippen LogP contribution in [-0.2, 0) is 0 Å². The van der Waals surface area contributed by atoms with Gasteiger partial charge in [0.15, 0.2) is 5.78 Å². The van der Waals surface area contributed by atoms with Crippen LogP contribution in [0.4, 0.5) is 0 Å². The van der Waals surface area contributed by atoms with E-state index in [-0.39, 0.29) is 5.78 Å². The predicted octanol–water partition coefficient (Wildman–Crippen LogP) is 5.33. The van der Waals surface area contributed by atoms with E-state index >= 15 is 0 Å². The number of hydrogen-bond donors (Lipinski definition) is 0. The molecule has 0 bridgehead atoms. The summed E-state index contributed by atoms with van der Waals surface area (Å²) in [5, 5.41) is 0.697. The summed E-state index contributed by atoms with van der Waals surface area (Å²) in [4.78, 5) is 29.4. The Morgan fingerprint density at radius 3 is 2.33 bits per heavy atom. The van der Waals surface area contributed by atoms with Gasteiger partial charge in [0.25, 0.3) is 0 Å². The molecule has 0 amide bonds. The molecule has 0 spiro atoms. The quantitative estimate of drug-likeness (QED) is 0.259. The Morgan fingerprint density at radius 2 is 1.60 bits per heavy atom. The van der Waals surface area contributed by atoms with Gasteiger partial charge in [0.2, 0.25) is 0 Å². The number of benzene rings is 3. The number of para-hydroxylation sites is 1. The number of pyridine rings is 1. The fraction of sp³-hybridized carbons (Fsp3) is 0.0800. The zero-order chi connectivity index (χ0) is 21.1. The van der Waals surface area contributed by atoms with Gasteiger partial charge in [-0.3, -0.25) is 4.79 Å². The second kappa shape index (κ2) is 8.17. The van der Waals surface area contributed by atoms with Crippen molar-refractivity contribution in [3.05, 3.63) is 90.0 Å². The number of hydrogen-bond acceptors (Lipinski definition) is 5. The molecule has 5 heteroatoms. The van der Waals surface area contributed by atoms with Crippen molar-refractivity contribution >= 4 is 22.7 Å². The van der Waals surface area contributed by atoms with Crippen LogP contribution < -0.4 is 9.47 Å². The zero-order valence-electron chi connectivity index (χ0n) is 16.6. The largest absolute Gasteiger partial charge is 0.497 e. The van der Waals surface area contributed by atoms with Crippen LogP contribution in [-0.4, -0.2) is 23.8 Å². The van der Waals surface area contributed by atoms with Crippen LogP contribution in [0.15, 0.2) is 78.9 Å². The zero-order valence-corrected chi connectivity index (χ0v) is 16.6. The minimum absolute atomic E-state index is 0.0935. The van der Waals surface area contributed by atoms with E-state index in [4.69, 9.17) is 14.5 Å². The summed E-state index contributed by atoms with van der Waals surface area (Å²) in [6, 6.07) is 23.2. The van der Waals surface area contributed by atoms with Crippen molar-refractivity contribution in [3.63, 3.8) is 0 Å². The Balaban J connectivity index is 1.76. The number of ether oxygens (including phenoxy) is 2. The van der Waals surface area contributed by atoms with Crippen molar-refractivity contribution in [1.29, 1.82) is 0 Å². The monoisotopic (exact) mass is 397 g/mol. The Labute approximate surface area is 173 Å². The average molecular weight is 397 g/mol. The van der Waals surface area contributed by atoms with Crippen LogP contribution in [0.25, 0.3) is 22.2 Å². The van der Waals surface area contributed by atoms with Gasteiger partial charge in [-0.15, -0.1) is 0 Å². The molecule has 0 unspecified atom stereocenters. The lowest BCUT2D eigenvalue weighted by Gasteiger charge is -2.11. The van der Waals surface area contributed by atoms with E-state index in [1.165, 1.54) is 6.92 Å². The summed E-state index contributed by atoms with van der Waals surface area (Å²) >= 11 is 0. The summed E-state index contributed by atoms with van der Waals surface area (Å²) in [6.45, 7) is 1.47. The summed E-state index contributed by atoms with van der Waals surface area (Å²) in [6.07, 6.45) is 0. The Hall–Kier alpha value is -3.99. The van der Waals surface area contributed by atoms with E-state index in [9.17, 15) is 9.59 Å². The third-order valence-corrected chi connectivity index (χ3v) is 4.77. The molecule has 0 radical (unpaired) electrons. The molecule has 148 valence electrons. The predicted molar refractivity (Wildman–Crippen MR) is 115 cm³/mol. The normalized spacial score (nSPS) is 10.6. The third-order valence-electron chi connectivity index (χ3n) is 4.77. The molecule has 0 aliphatic rings. The maximum absolute atomic E-state index is 13.0. The van der Waals surface area contributed by atoms with E-state index in [0.29, 0.717) is 33.5 Å². The van der Waals surface area contributed by atoms with Crippen LogP contribution in [0.5, 0.6) is 11.5 Å². The van der Waals surface area contributed by atoms with Gasteiger partial charge in [-0.1, -0.05) is 30.3 Å². The molecule has 0 aliphatic heterocycles. The Morgan fingerprint density at radius 1 is 0.833 bits per heavy atom. The molecule has 0 saturated carbocycles. The van der Waals surface area contributed by atoms with Crippen molar-refractivity contribution in [2.45, 2.75) is 6.92 Å². The number of methoxy groups -OCH3 is 1. The summed E-state index contributed by atoms with van der Waals surface area (Å²) in [7, 11) is 1.61. The highest BCUT2D eigenvalue weighted by molar-refractivity contribution is 6.05. The lowest BCUT2D eigenvalue weighted by atomic mass is 10.0. The molecule has 0 N–H and O–H groups in total. The number of aromatic nitrogens is 1. The van der Waals surface area contributed by atoms with Crippen molar-refractivity contribution in [2.24, 2.45) is 0 Å². The van der Waals surface area contributed by atoms with Gasteiger partial charge in [-0.05, 0) is 55.5 Å². The topological polar surface area (TPSA) is 65.5 Å². The third kappa shape index (κ3) is 3.91. The lowest BCUT2D eigenvalue weighted by Crippen LogP contribution is -2.10. The van der Waals surface area contributed by atoms with Crippen LogP contribution in [0.3, 0.4) is 0 Å². The molecule has 3 aromatic carbocycles. The molecule has 4 rings (SSSR count). The van der Waals surface area contributed by atoms with Gasteiger partial charge in [-0.2, -0.15) is 0 Å². The van der Waals surface area contributed by atoms with E-state index in [0.717, 1.165) is 11.3 Å². The number of ketones is 1. The fourth-order valence-electron chi connectivity index (χ4n) is 3.19. The van der Waals surface area contributed by atoms with Gasteiger partial charge >= 0.3 is 5.97 Å². The van der Waals surface area contributed by atoms with E-state index in [1.54, 1.807) is 37.4 Å². The number of Topliss-reactive ketones (excluding diaryl/α,β-unsaturated/α-hetero) is 1. The van der Waals surface area contributed by atoms with E-state index < -0.39 is 5.97 Å². The first-order chi connectivity index (χ1) is 14.5. The van der Waals surface area contributed by atoms with Crippen molar-refractivity contribution in [2.75, 3.05) is 7.11 Å². The summed E-state index contributed by atoms with van der Waals surface area (Å²) in [5.74, 6) is 0.456. The molecule has 4 aromatic rings. The van der Waals surface area contributed by atoms with Gasteiger partial charge in [0.05, 0.1) is 23.9 Å². The van der Waals surface area contributed by atoms with Crippen molar-refractivity contribution in [1.82, 2.24) is 4.98 Å². The lowest BCUT2D eigenvalue weighted by molar-refractivity contribution is 0.0735. The summed E-state index contributed by atoms with van der Waals surface area (Å²) < 4.78 is 10.8. The number of rotatable bonds is 5. The molecule has 1 aromatic heterocycles. The molecule has 0 fully saturated rings. The smallest absolute Gasteiger partial charge is 0.344 e. The minimum Gasteiger partial charge on any atom is -0.497 e. The van der Waals surface area contributed by atoms with Gasteiger partial charge in [0.1, 0.15) is 11.5 Å². The number of carbonyl (C=O) groups is 2. The van der Waals surface area contributed by atoms with Gasteiger partial charge in [0, 0.05) is 16.5 Å². The van der Waals surface area contributed by atoms with E-state index in [2.05, 4.69) is 0 Å². The molecular weight excluding hydrogens is 378 g/mol.